The van der Waals surface area contributed by atoms with Crippen LogP contribution in [0.1, 0.15) is 24.0 Å². The molecule has 0 saturated carbocycles. The zero-order valence-corrected chi connectivity index (χ0v) is 16.5. The van der Waals surface area contributed by atoms with Crippen molar-refractivity contribution in [1.29, 1.82) is 0 Å². The van der Waals surface area contributed by atoms with E-state index in [1.54, 1.807) is 0 Å². The van der Waals surface area contributed by atoms with Gasteiger partial charge >= 0.3 is 6.18 Å². The lowest BCUT2D eigenvalue weighted by Gasteiger charge is -2.14. The molecular formula is C21H23F3N2OS. The van der Waals surface area contributed by atoms with Gasteiger partial charge in [-0.25, -0.2) is 0 Å². The highest BCUT2D eigenvalue weighted by Gasteiger charge is 2.30. The van der Waals surface area contributed by atoms with Gasteiger partial charge < -0.3 is 10.0 Å². The molecule has 3 rings (SSSR count). The van der Waals surface area contributed by atoms with Crippen molar-refractivity contribution in [2.75, 3.05) is 26.7 Å². The first-order chi connectivity index (χ1) is 13.4. The van der Waals surface area contributed by atoms with Crippen molar-refractivity contribution in [3.05, 3.63) is 53.6 Å². The topological polar surface area (TPSA) is 36.4 Å². The molecule has 0 spiro atoms. The van der Waals surface area contributed by atoms with Crippen LogP contribution in [0.15, 0.2) is 42.5 Å². The Labute approximate surface area is 166 Å². The van der Waals surface area contributed by atoms with Gasteiger partial charge in [-0.3, -0.25) is 0 Å². The summed E-state index contributed by atoms with van der Waals surface area (Å²) >= 11 is 1.38. The predicted octanol–water partition coefficient (Wildman–Crippen LogP) is 5.23. The van der Waals surface area contributed by atoms with Crippen molar-refractivity contribution in [2.24, 2.45) is 0 Å². The first-order valence-corrected chi connectivity index (χ1v) is 10.0. The van der Waals surface area contributed by atoms with E-state index in [1.165, 1.54) is 29.2 Å². The van der Waals surface area contributed by atoms with Crippen LogP contribution in [0.25, 0.3) is 21.3 Å². The van der Waals surface area contributed by atoms with Gasteiger partial charge in [0.05, 0.1) is 22.6 Å². The number of unbranched alkanes of at least 4 members (excludes halogenated alkanes) is 1. The van der Waals surface area contributed by atoms with Crippen LogP contribution in [-0.2, 0) is 12.6 Å². The van der Waals surface area contributed by atoms with Gasteiger partial charge in [0.25, 0.3) is 0 Å². The van der Waals surface area contributed by atoms with E-state index < -0.39 is 11.7 Å². The van der Waals surface area contributed by atoms with Crippen molar-refractivity contribution in [1.82, 2.24) is 9.27 Å². The van der Waals surface area contributed by atoms with Crippen molar-refractivity contribution in [2.45, 2.75) is 25.4 Å². The van der Waals surface area contributed by atoms with E-state index in [0.29, 0.717) is 12.1 Å². The minimum Gasteiger partial charge on any atom is -0.395 e. The van der Waals surface area contributed by atoms with Gasteiger partial charge in [-0.1, -0.05) is 24.3 Å². The molecule has 0 radical (unpaired) electrons. The summed E-state index contributed by atoms with van der Waals surface area (Å²) in [6.45, 7) is 1.83. The average molecular weight is 408 g/mol. The number of aromatic nitrogens is 1. The summed E-state index contributed by atoms with van der Waals surface area (Å²) < 4.78 is 43.7. The third-order valence-corrected chi connectivity index (χ3v) is 5.57. The van der Waals surface area contributed by atoms with Crippen LogP contribution in [-0.4, -0.2) is 41.1 Å². The Hall–Kier alpha value is -1.96. The molecule has 0 bridgehead atoms. The molecule has 2 aromatic carbocycles. The van der Waals surface area contributed by atoms with E-state index in [-0.39, 0.29) is 6.61 Å². The zero-order valence-electron chi connectivity index (χ0n) is 15.7. The number of hydrogen-bond donors (Lipinski definition) is 1. The molecule has 0 unspecified atom stereocenters. The van der Waals surface area contributed by atoms with Gasteiger partial charge in [-0.05, 0) is 68.1 Å². The fraction of sp³-hybridized carbons (Fsp3) is 0.381. The van der Waals surface area contributed by atoms with Crippen LogP contribution in [0.4, 0.5) is 13.2 Å². The van der Waals surface area contributed by atoms with E-state index >= 15 is 0 Å². The standard InChI is InChI=1S/C21H23F3N2OS/c1-26(12-13-27)11-3-2-4-15-5-10-18-19(14-15)28-25-20(18)16-6-8-17(9-7-16)21(22,23)24/h5-10,14,27H,2-4,11-13H2,1H3. The maximum atomic E-state index is 12.7. The summed E-state index contributed by atoms with van der Waals surface area (Å²) in [6, 6.07) is 11.4. The Bertz CT molecular complexity index is 906. The smallest absolute Gasteiger partial charge is 0.395 e. The zero-order chi connectivity index (χ0) is 20.1. The molecule has 0 amide bonds. The van der Waals surface area contributed by atoms with Crippen molar-refractivity contribution >= 4 is 21.6 Å². The summed E-state index contributed by atoms with van der Waals surface area (Å²) in [5.41, 5.74) is 2.01. The third kappa shape index (κ3) is 5.10. The summed E-state index contributed by atoms with van der Waals surface area (Å²) in [7, 11) is 2.00. The second-order valence-electron chi connectivity index (χ2n) is 6.92. The molecule has 0 fully saturated rings. The number of alkyl halides is 3. The molecule has 150 valence electrons. The number of halogens is 3. The maximum Gasteiger partial charge on any atom is 0.416 e. The lowest BCUT2D eigenvalue weighted by atomic mass is 10.0. The molecule has 0 aliphatic heterocycles. The molecule has 1 N–H and O–H groups in total. The Morgan fingerprint density at radius 1 is 1.04 bits per heavy atom. The van der Waals surface area contributed by atoms with Crippen molar-refractivity contribution in [3.8, 4) is 11.3 Å². The predicted molar refractivity (Wildman–Crippen MR) is 108 cm³/mol. The molecule has 3 nitrogen and oxygen atoms in total. The SMILES string of the molecule is CN(CCO)CCCCc1ccc2c(-c3ccc(C(F)(F)F)cc3)nsc2c1. The molecule has 0 aliphatic carbocycles. The number of aliphatic hydroxyl groups is 1. The first-order valence-electron chi connectivity index (χ1n) is 9.24. The number of benzene rings is 2. The number of aliphatic hydroxyl groups excluding tert-OH is 1. The minimum absolute atomic E-state index is 0.180. The van der Waals surface area contributed by atoms with E-state index in [4.69, 9.17) is 5.11 Å². The Morgan fingerprint density at radius 3 is 2.46 bits per heavy atom. The molecular weight excluding hydrogens is 385 g/mol. The van der Waals surface area contributed by atoms with E-state index in [0.717, 1.165) is 53.7 Å². The number of hydrogen-bond acceptors (Lipinski definition) is 4. The summed E-state index contributed by atoms with van der Waals surface area (Å²) in [5.74, 6) is 0. The first kappa shape index (κ1) is 20.8. The number of aryl methyl sites for hydroxylation is 1. The number of nitrogens with zero attached hydrogens (tertiary/aromatic N) is 2. The van der Waals surface area contributed by atoms with Crippen LogP contribution >= 0.6 is 11.5 Å². The fourth-order valence-corrected chi connectivity index (χ4v) is 4.02. The van der Waals surface area contributed by atoms with Crippen LogP contribution in [0.5, 0.6) is 0 Å². The number of likely N-dealkylation sites (N-methyl/N-ethyl adjacent to an activating group) is 1. The summed E-state index contributed by atoms with van der Waals surface area (Å²) in [4.78, 5) is 2.11. The van der Waals surface area contributed by atoms with E-state index in [9.17, 15) is 13.2 Å². The summed E-state index contributed by atoms with van der Waals surface area (Å²) in [6.07, 6.45) is -1.24. The normalized spacial score (nSPS) is 12.2. The second-order valence-corrected chi connectivity index (χ2v) is 7.73. The average Bonchev–Trinajstić information content (AvgIpc) is 3.08. The second kappa shape index (κ2) is 9.03. The quantitative estimate of drug-likeness (QED) is 0.519. The van der Waals surface area contributed by atoms with Crippen LogP contribution in [0.3, 0.4) is 0 Å². The number of fused-ring (bicyclic) bond motifs is 1. The van der Waals surface area contributed by atoms with Gasteiger partial charge in [0.1, 0.15) is 0 Å². The number of rotatable bonds is 8. The van der Waals surface area contributed by atoms with Crippen molar-refractivity contribution < 1.29 is 18.3 Å². The van der Waals surface area contributed by atoms with E-state index in [1.807, 2.05) is 13.1 Å². The molecule has 0 aliphatic rings. The molecule has 0 atom stereocenters. The van der Waals surface area contributed by atoms with Gasteiger partial charge in [0.2, 0.25) is 0 Å². The lowest BCUT2D eigenvalue weighted by molar-refractivity contribution is -0.137. The Kier molecular flexibility index (Phi) is 6.69. The molecule has 28 heavy (non-hydrogen) atoms. The highest BCUT2D eigenvalue weighted by atomic mass is 32.1. The lowest BCUT2D eigenvalue weighted by Crippen LogP contribution is -2.23. The Balaban J connectivity index is 1.67. The highest BCUT2D eigenvalue weighted by molar-refractivity contribution is 7.13. The fourth-order valence-electron chi connectivity index (χ4n) is 3.16. The van der Waals surface area contributed by atoms with Gasteiger partial charge in [0, 0.05) is 17.5 Å². The Morgan fingerprint density at radius 2 is 1.79 bits per heavy atom. The highest BCUT2D eigenvalue weighted by Crippen LogP contribution is 2.34. The van der Waals surface area contributed by atoms with Gasteiger partial charge in [0.15, 0.2) is 0 Å². The maximum absolute atomic E-state index is 12.7. The third-order valence-electron chi connectivity index (χ3n) is 4.76. The minimum atomic E-state index is -4.33. The van der Waals surface area contributed by atoms with Crippen LogP contribution in [0.2, 0.25) is 0 Å². The largest absolute Gasteiger partial charge is 0.416 e. The summed E-state index contributed by atoms with van der Waals surface area (Å²) in [5, 5.41) is 9.88. The molecule has 1 aromatic heterocycles. The van der Waals surface area contributed by atoms with Crippen LogP contribution in [0, 0.1) is 0 Å². The van der Waals surface area contributed by atoms with Crippen LogP contribution < -0.4 is 0 Å². The van der Waals surface area contributed by atoms with E-state index in [2.05, 4.69) is 21.4 Å². The molecule has 3 aromatic rings. The van der Waals surface area contributed by atoms with Gasteiger partial charge in [-0.2, -0.15) is 17.5 Å². The monoisotopic (exact) mass is 408 g/mol. The molecule has 0 saturated heterocycles. The molecule has 7 heteroatoms. The van der Waals surface area contributed by atoms with Gasteiger partial charge in [-0.15, -0.1) is 0 Å². The van der Waals surface area contributed by atoms with Crippen molar-refractivity contribution in [3.63, 3.8) is 0 Å². The molecule has 1 heterocycles.